The van der Waals surface area contributed by atoms with Gasteiger partial charge in [-0.2, -0.15) is 0 Å². The number of guanidine groups is 1. The zero-order chi connectivity index (χ0) is 13.4. The van der Waals surface area contributed by atoms with Crippen molar-refractivity contribution in [2.24, 2.45) is 16.3 Å². The van der Waals surface area contributed by atoms with Crippen molar-refractivity contribution in [2.75, 3.05) is 7.05 Å². The van der Waals surface area contributed by atoms with E-state index in [9.17, 15) is 4.79 Å². The first-order valence-corrected chi connectivity index (χ1v) is 6.94. The minimum atomic E-state index is -0.394. The fraction of sp³-hybridized carbons (Fsp3) is 0.857. The predicted molar refractivity (Wildman–Crippen MR) is 73.4 cm³/mol. The highest BCUT2D eigenvalue weighted by Crippen LogP contribution is 2.40. The van der Waals surface area contributed by atoms with Crippen LogP contribution in [0.15, 0.2) is 4.99 Å². The molecule has 0 aromatic rings. The fourth-order valence-corrected chi connectivity index (χ4v) is 3.21. The Bertz CT molecular complexity index is 370. The van der Waals surface area contributed by atoms with E-state index in [-0.39, 0.29) is 5.91 Å². The minimum Gasteiger partial charge on any atom is -0.342 e. The van der Waals surface area contributed by atoms with Gasteiger partial charge in [-0.25, -0.2) is 0 Å². The second kappa shape index (κ2) is 4.56. The Labute approximate surface area is 110 Å². The molecule has 1 amide bonds. The number of rotatable bonds is 0. The number of carbonyl (C=O) groups excluding carboxylic acids is 1. The highest BCUT2D eigenvalue weighted by Gasteiger charge is 2.46. The Balaban J connectivity index is 2.12. The highest BCUT2D eigenvalue weighted by atomic mass is 16.2. The molecule has 4 heteroatoms. The van der Waals surface area contributed by atoms with E-state index in [0.29, 0.717) is 17.3 Å². The third-order valence-electron chi connectivity index (χ3n) is 4.55. The lowest BCUT2D eigenvalue weighted by atomic mass is 9.76. The number of hydrogen-bond acceptors (Lipinski definition) is 2. The molecule has 2 unspecified atom stereocenters. The fourth-order valence-electron chi connectivity index (χ4n) is 3.21. The zero-order valence-electron chi connectivity index (χ0n) is 12.0. The largest absolute Gasteiger partial charge is 0.342 e. The Hall–Kier alpha value is -1.06. The van der Waals surface area contributed by atoms with Crippen LogP contribution in [-0.4, -0.2) is 24.5 Å². The van der Waals surface area contributed by atoms with Gasteiger partial charge in [0.25, 0.3) is 5.91 Å². The molecule has 2 aliphatic rings. The molecule has 2 N–H and O–H groups in total. The monoisotopic (exact) mass is 251 g/mol. The van der Waals surface area contributed by atoms with E-state index in [1.807, 2.05) is 0 Å². The summed E-state index contributed by atoms with van der Waals surface area (Å²) < 4.78 is 0. The van der Waals surface area contributed by atoms with Crippen LogP contribution in [0, 0.1) is 11.3 Å². The molecule has 0 aromatic heterocycles. The van der Waals surface area contributed by atoms with Crippen molar-refractivity contribution in [3.8, 4) is 0 Å². The topological polar surface area (TPSA) is 53.5 Å². The van der Waals surface area contributed by atoms with Crippen LogP contribution in [0.1, 0.15) is 52.9 Å². The van der Waals surface area contributed by atoms with E-state index in [2.05, 4.69) is 36.4 Å². The van der Waals surface area contributed by atoms with Crippen molar-refractivity contribution in [2.45, 2.75) is 58.4 Å². The van der Waals surface area contributed by atoms with E-state index in [4.69, 9.17) is 0 Å². The van der Waals surface area contributed by atoms with Gasteiger partial charge < -0.3 is 5.32 Å². The Kier molecular flexibility index (Phi) is 3.39. The van der Waals surface area contributed by atoms with Crippen molar-refractivity contribution >= 4 is 11.9 Å². The van der Waals surface area contributed by atoms with Gasteiger partial charge >= 0.3 is 0 Å². The van der Waals surface area contributed by atoms with Crippen LogP contribution in [0.4, 0.5) is 0 Å². The first-order chi connectivity index (χ1) is 8.37. The molecule has 4 nitrogen and oxygen atoms in total. The molecule has 1 aliphatic carbocycles. The second-order valence-electron chi connectivity index (χ2n) is 6.73. The van der Waals surface area contributed by atoms with E-state index >= 15 is 0 Å². The van der Waals surface area contributed by atoms with Crippen LogP contribution in [0.25, 0.3) is 0 Å². The van der Waals surface area contributed by atoms with E-state index in [0.717, 1.165) is 25.7 Å². The molecule has 0 aromatic carbocycles. The van der Waals surface area contributed by atoms with Crippen LogP contribution < -0.4 is 10.6 Å². The van der Waals surface area contributed by atoms with Crippen LogP contribution in [0.3, 0.4) is 0 Å². The van der Waals surface area contributed by atoms with Crippen molar-refractivity contribution < 1.29 is 4.79 Å². The van der Waals surface area contributed by atoms with Gasteiger partial charge in [0.05, 0.1) is 0 Å². The summed E-state index contributed by atoms with van der Waals surface area (Å²) in [4.78, 5) is 16.2. The zero-order valence-corrected chi connectivity index (χ0v) is 12.0. The Morgan fingerprint density at radius 2 is 2.00 bits per heavy atom. The van der Waals surface area contributed by atoms with Crippen LogP contribution >= 0.6 is 0 Å². The lowest BCUT2D eigenvalue weighted by molar-refractivity contribution is -0.124. The number of nitrogens with zero attached hydrogens (tertiary/aromatic N) is 1. The number of amides is 1. The van der Waals surface area contributed by atoms with Crippen LogP contribution in [0.5, 0.6) is 0 Å². The molecular formula is C14H25N3O. The third kappa shape index (κ3) is 2.38. The van der Waals surface area contributed by atoms with Gasteiger partial charge in [0.15, 0.2) is 5.96 Å². The molecule has 0 bridgehead atoms. The highest BCUT2D eigenvalue weighted by molar-refractivity contribution is 6.08. The summed E-state index contributed by atoms with van der Waals surface area (Å²) in [6.45, 7) is 6.91. The summed E-state index contributed by atoms with van der Waals surface area (Å²) >= 11 is 0. The molecule has 2 fully saturated rings. The lowest BCUT2D eigenvalue weighted by Gasteiger charge is -2.30. The lowest BCUT2D eigenvalue weighted by Crippen LogP contribution is -2.46. The maximum Gasteiger partial charge on any atom is 0.252 e. The number of hydrogen-bond donors (Lipinski definition) is 2. The molecule has 2 atom stereocenters. The van der Waals surface area contributed by atoms with Crippen LogP contribution in [-0.2, 0) is 4.79 Å². The maximum atomic E-state index is 12.2. The summed E-state index contributed by atoms with van der Waals surface area (Å²) in [5, 5.41) is 6.15. The van der Waals surface area contributed by atoms with Gasteiger partial charge in [0.1, 0.15) is 5.54 Å². The summed E-state index contributed by atoms with van der Waals surface area (Å²) in [7, 11) is 1.70. The van der Waals surface area contributed by atoms with E-state index < -0.39 is 5.54 Å². The Morgan fingerprint density at radius 3 is 2.56 bits per heavy atom. The van der Waals surface area contributed by atoms with E-state index in [1.54, 1.807) is 7.05 Å². The summed E-state index contributed by atoms with van der Waals surface area (Å²) in [5.41, 5.74) is -0.0584. The van der Waals surface area contributed by atoms with Crippen molar-refractivity contribution in [1.82, 2.24) is 10.6 Å². The molecule has 102 valence electrons. The second-order valence-corrected chi connectivity index (χ2v) is 6.73. The summed E-state index contributed by atoms with van der Waals surface area (Å²) in [6, 6.07) is 0. The van der Waals surface area contributed by atoms with Gasteiger partial charge in [-0.15, -0.1) is 0 Å². The average Bonchev–Trinajstić information content (AvgIpc) is 2.48. The maximum absolute atomic E-state index is 12.2. The van der Waals surface area contributed by atoms with Gasteiger partial charge in [0.2, 0.25) is 0 Å². The van der Waals surface area contributed by atoms with Gasteiger partial charge in [-0.1, -0.05) is 27.2 Å². The quantitative estimate of drug-likeness (QED) is 0.692. The van der Waals surface area contributed by atoms with Gasteiger partial charge in [-0.05, 0) is 37.0 Å². The minimum absolute atomic E-state index is 0.109. The molecule has 0 radical (unpaired) electrons. The molecule has 1 aliphatic heterocycles. The van der Waals surface area contributed by atoms with Gasteiger partial charge in [0, 0.05) is 7.05 Å². The number of nitrogens with one attached hydrogen (secondary N) is 2. The van der Waals surface area contributed by atoms with Crippen LogP contribution in [0.2, 0.25) is 0 Å². The molecular weight excluding hydrogens is 226 g/mol. The van der Waals surface area contributed by atoms with Gasteiger partial charge in [-0.3, -0.25) is 15.1 Å². The first kappa shape index (κ1) is 13.4. The van der Waals surface area contributed by atoms with Crippen molar-refractivity contribution in [3.63, 3.8) is 0 Å². The standard InChI is InChI=1S/C14H25N3O/c1-13(2,3)10-6-5-8-14(9-7-10)11(18)16-12(15-4)17-14/h10H,5-9H2,1-4H3,(H2,15,16,17,18). The van der Waals surface area contributed by atoms with Crippen molar-refractivity contribution in [3.05, 3.63) is 0 Å². The Morgan fingerprint density at radius 1 is 1.28 bits per heavy atom. The average molecular weight is 251 g/mol. The number of carbonyl (C=O) groups is 1. The molecule has 18 heavy (non-hydrogen) atoms. The third-order valence-corrected chi connectivity index (χ3v) is 4.55. The van der Waals surface area contributed by atoms with E-state index in [1.165, 1.54) is 6.42 Å². The molecule has 1 saturated heterocycles. The number of aliphatic imine (C=N–C) groups is 1. The predicted octanol–water partition coefficient (Wildman–Crippen LogP) is 2.06. The normalized spacial score (nSPS) is 35.4. The first-order valence-electron chi connectivity index (χ1n) is 6.94. The van der Waals surface area contributed by atoms with Crippen molar-refractivity contribution in [1.29, 1.82) is 0 Å². The molecule has 1 spiro atoms. The molecule has 2 rings (SSSR count). The smallest absolute Gasteiger partial charge is 0.252 e. The SMILES string of the molecule is CN=C1NC(=O)C2(CCCC(C(C)(C)C)CC2)N1. The summed E-state index contributed by atoms with van der Waals surface area (Å²) in [5.74, 6) is 1.45. The molecule has 1 saturated carbocycles. The molecule has 1 heterocycles. The summed E-state index contributed by atoms with van der Waals surface area (Å²) in [6.07, 6.45) is 5.28.